The molecule has 0 aliphatic carbocycles. The molecular formula is C10H13N. The van der Waals surface area contributed by atoms with E-state index in [-0.39, 0.29) is 0 Å². The van der Waals surface area contributed by atoms with Crippen molar-refractivity contribution in [2.45, 2.75) is 25.4 Å². The Kier molecular flexibility index (Phi) is 1.66. The van der Waals surface area contributed by atoms with Crippen molar-refractivity contribution < 1.29 is 0 Å². The van der Waals surface area contributed by atoms with Crippen molar-refractivity contribution in [3.05, 3.63) is 35.9 Å². The Morgan fingerprint density at radius 3 is 2.55 bits per heavy atom. The minimum atomic E-state index is 0.640. The molecule has 58 valence electrons. The maximum Gasteiger partial charge on any atom is 0.0478 e. The lowest BCUT2D eigenvalue weighted by molar-refractivity contribution is 0.868. The highest BCUT2D eigenvalue weighted by atomic mass is 15.1. The molecule has 0 unspecified atom stereocenters. The summed E-state index contributed by atoms with van der Waals surface area (Å²) in [6.45, 7) is 2.22. The van der Waals surface area contributed by atoms with Crippen LogP contribution < -0.4 is 5.32 Å². The first-order chi connectivity index (χ1) is 5.42. The SMILES string of the molecule is CC[C@H]1N[C@H]1c1ccccc1. The van der Waals surface area contributed by atoms with Crippen molar-refractivity contribution in [2.75, 3.05) is 0 Å². The molecule has 2 atom stereocenters. The second-order valence-corrected chi connectivity index (χ2v) is 3.07. The molecule has 0 bridgehead atoms. The van der Waals surface area contributed by atoms with Crippen LogP contribution in [0.2, 0.25) is 0 Å². The standard InChI is InChI=1S/C10H13N/c1-2-9-10(11-9)8-6-4-3-5-7-8/h3-7,9-11H,2H2,1H3/t9-,10+/m1/s1. The average Bonchev–Trinajstić information content (AvgIpc) is 2.85. The van der Waals surface area contributed by atoms with E-state index in [9.17, 15) is 0 Å². The number of benzene rings is 1. The lowest BCUT2D eigenvalue weighted by Gasteiger charge is -1.94. The minimum Gasteiger partial charge on any atom is -0.304 e. The Labute approximate surface area is 67.4 Å². The summed E-state index contributed by atoms with van der Waals surface area (Å²) in [6, 6.07) is 12.0. The van der Waals surface area contributed by atoms with Crippen LogP contribution in [0.1, 0.15) is 24.9 Å². The lowest BCUT2D eigenvalue weighted by atomic mass is 10.1. The van der Waals surface area contributed by atoms with Crippen LogP contribution in [0.4, 0.5) is 0 Å². The lowest BCUT2D eigenvalue weighted by Crippen LogP contribution is -1.84. The minimum absolute atomic E-state index is 0.640. The fourth-order valence-corrected chi connectivity index (χ4v) is 1.52. The fraction of sp³-hybridized carbons (Fsp3) is 0.400. The molecule has 1 aliphatic rings. The van der Waals surface area contributed by atoms with Gasteiger partial charge in [-0.25, -0.2) is 0 Å². The van der Waals surface area contributed by atoms with Gasteiger partial charge in [0.1, 0.15) is 0 Å². The molecular weight excluding hydrogens is 134 g/mol. The summed E-state index contributed by atoms with van der Waals surface area (Å²) >= 11 is 0. The molecule has 11 heavy (non-hydrogen) atoms. The maximum absolute atomic E-state index is 3.43. The van der Waals surface area contributed by atoms with Crippen LogP contribution >= 0.6 is 0 Å². The molecule has 0 radical (unpaired) electrons. The van der Waals surface area contributed by atoms with Gasteiger partial charge in [-0.1, -0.05) is 37.3 Å². The van der Waals surface area contributed by atoms with Crippen molar-refractivity contribution in [2.24, 2.45) is 0 Å². The topological polar surface area (TPSA) is 21.9 Å². The molecule has 0 spiro atoms. The van der Waals surface area contributed by atoms with E-state index in [4.69, 9.17) is 0 Å². The average molecular weight is 147 g/mol. The van der Waals surface area contributed by atoms with Crippen LogP contribution in [-0.4, -0.2) is 6.04 Å². The molecule has 1 aromatic carbocycles. The molecule has 2 rings (SSSR count). The number of rotatable bonds is 2. The molecule has 1 aliphatic heterocycles. The monoisotopic (exact) mass is 147 g/mol. The van der Waals surface area contributed by atoms with Crippen LogP contribution in [0.25, 0.3) is 0 Å². The zero-order chi connectivity index (χ0) is 7.68. The van der Waals surface area contributed by atoms with E-state index in [0.717, 1.165) is 6.04 Å². The highest BCUT2D eigenvalue weighted by Crippen LogP contribution is 2.30. The van der Waals surface area contributed by atoms with Gasteiger partial charge in [0.2, 0.25) is 0 Å². The zero-order valence-electron chi connectivity index (χ0n) is 6.75. The molecule has 1 N–H and O–H groups in total. The van der Waals surface area contributed by atoms with Crippen molar-refractivity contribution in [1.82, 2.24) is 5.32 Å². The quantitative estimate of drug-likeness (QED) is 0.636. The van der Waals surface area contributed by atoms with Crippen LogP contribution in [0, 0.1) is 0 Å². The van der Waals surface area contributed by atoms with E-state index in [1.165, 1.54) is 12.0 Å². The van der Waals surface area contributed by atoms with Gasteiger partial charge in [0.05, 0.1) is 0 Å². The van der Waals surface area contributed by atoms with Crippen LogP contribution in [0.5, 0.6) is 0 Å². The van der Waals surface area contributed by atoms with E-state index in [0.29, 0.717) is 6.04 Å². The second-order valence-electron chi connectivity index (χ2n) is 3.07. The van der Waals surface area contributed by atoms with Gasteiger partial charge in [0.25, 0.3) is 0 Å². The molecule has 1 aromatic rings. The van der Waals surface area contributed by atoms with Gasteiger partial charge in [-0.15, -0.1) is 0 Å². The Morgan fingerprint density at radius 1 is 1.27 bits per heavy atom. The molecule has 0 amide bonds. The molecule has 0 saturated carbocycles. The smallest absolute Gasteiger partial charge is 0.0478 e. The van der Waals surface area contributed by atoms with Gasteiger partial charge >= 0.3 is 0 Å². The second kappa shape index (κ2) is 2.67. The van der Waals surface area contributed by atoms with E-state index in [1.54, 1.807) is 0 Å². The van der Waals surface area contributed by atoms with Gasteiger partial charge in [0, 0.05) is 12.1 Å². The molecule has 1 nitrogen and oxygen atoms in total. The summed E-state index contributed by atoms with van der Waals surface area (Å²) in [5.74, 6) is 0. The van der Waals surface area contributed by atoms with E-state index < -0.39 is 0 Å². The number of nitrogens with one attached hydrogen (secondary N) is 1. The van der Waals surface area contributed by atoms with Crippen molar-refractivity contribution in [3.63, 3.8) is 0 Å². The van der Waals surface area contributed by atoms with Crippen molar-refractivity contribution in [3.8, 4) is 0 Å². The summed E-state index contributed by atoms with van der Waals surface area (Å²) in [4.78, 5) is 0. The summed E-state index contributed by atoms with van der Waals surface area (Å²) in [6.07, 6.45) is 1.24. The first-order valence-corrected chi connectivity index (χ1v) is 4.23. The third-order valence-corrected chi connectivity index (χ3v) is 2.29. The van der Waals surface area contributed by atoms with Gasteiger partial charge in [-0.3, -0.25) is 0 Å². The molecule has 0 aromatic heterocycles. The number of hydrogen-bond acceptors (Lipinski definition) is 1. The van der Waals surface area contributed by atoms with Crippen LogP contribution in [-0.2, 0) is 0 Å². The predicted octanol–water partition coefficient (Wildman–Crippen LogP) is 2.11. The molecule has 1 fully saturated rings. The van der Waals surface area contributed by atoms with Crippen molar-refractivity contribution >= 4 is 0 Å². The van der Waals surface area contributed by atoms with E-state index in [2.05, 4.69) is 42.6 Å². The maximum atomic E-state index is 3.43. The first kappa shape index (κ1) is 6.86. The zero-order valence-corrected chi connectivity index (χ0v) is 6.75. The van der Waals surface area contributed by atoms with Gasteiger partial charge in [-0.2, -0.15) is 0 Å². The predicted molar refractivity (Wildman–Crippen MR) is 46.4 cm³/mol. The third kappa shape index (κ3) is 1.29. The molecule has 1 heteroatoms. The largest absolute Gasteiger partial charge is 0.304 e. The fourth-order valence-electron chi connectivity index (χ4n) is 1.52. The Bertz CT molecular complexity index is 230. The molecule has 1 heterocycles. The Morgan fingerprint density at radius 2 is 2.00 bits per heavy atom. The van der Waals surface area contributed by atoms with Crippen LogP contribution in [0.15, 0.2) is 30.3 Å². The molecule has 1 saturated heterocycles. The van der Waals surface area contributed by atoms with Gasteiger partial charge < -0.3 is 5.32 Å². The van der Waals surface area contributed by atoms with Gasteiger partial charge in [-0.05, 0) is 12.0 Å². The summed E-state index contributed by atoms with van der Waals surface area (Å²) in [5.41, 5.74) is 1.43. The highest BCUT2D eigenvalue weighted by molar-refractivity contribution is 5.25. The highest BCUT2D eigenvalue weighted by Gasteiger charge is 2.34. The Balaban J connectivity index is 2.09. The van der Waals surface area contributed by atoms with Gasteiger partial charge in [0.15, 0.2) is 0 Å². The first-order valence-electron chi connectivity index (χ1n) is 4.23. The normalized spacial score (nSPS) is 28.5. The third-order valence-electron chi connectivity index (χ3n) is 2.29. The summed E-state index contributed by atoms with van der Waals surface area (Å²) in [5, 5.41) is 3.43. The van der Waals surface area contributed by atoms with E-state index >= 15 is 0 Å². The Hall–Kier alpha value is -0.820. The van der Waals surface area contributed by atoms with Crippen molar-refractivity contribution in [1.29, 1.82) is 0 Å². The summed E-state index contributed by atoms with van der Waals surface area (Å²) < 4.78 is 0. The summed E-state index contributed by atoms with van der Waals surface area (Å²) in [7, 11) is 0. The number of hydrogen-bond donors (Lipinski definition) is 1. The van der Waals surface area contributed by atoms with Crippen LogP contribution in [0.3, 0.4) is 0 Å². The van der Waals surface area contributed by atoms with E-state index in [1.807, 2.05) is 0 Å².